The van der Waals surface area contributed by atoms with E-state index < -0.39 is 10.0 Å². The molecule has 0 radical (unpaired) electrons. The summed E-state index contributed by atoms with van der Waals surface area (Å²) in [5.74, 6) is 0.677. The molecule has 0 atom stereocenters. The van der Waals surface area contributed by atoms with E-state index in [0.717, 1.165) is 0 Å². The van der Waals surface area contributed by atoms with E-state index in [4.69, 9.17) is 4.42 Å². The maximum absolute atomic E-state index is 12.0. The summed E-state index contributed by atoms with van der Waals surface area (Å²) in [6.45, 7) is 0.0328. The van der Waals surface area contributed by atoms with Crippen LogP contribution in [-0.2, 0) is 21.4 Å². The van der Waals surface area contributed by atoms with Gasteiger partial charge in [-0.3, -0.25) is 4.79 Å². The minimum Gasteiger partial charge on any atom is -0.460 e. The van der Waals surface area contributed by atoms with E-state index in [1.54, 1.807) is 30.3 Å². The molecule has 6 nitrogen and oxygen atoms in total. The van der Waals surface area contributed by atoms with Crippen LogP contribution < -0.4 is 10.0 Å². The Morgan fingerprint density at radius 2 is 1.91 bits per heavy atom. The van der Waals surface area contributed by atoms with Crippen LogP contribution >= 0.6 is 0 Å². The Balaban J connectivity index is 1.99. The summed E-state index contributed by atoms with van der Waals surface area (Å²) >= 11 is 0. The number of benzene rings is 1. The Morgan fingerprint density at radius 1 is 1.18 bits per heavy atom. The summed E-state index contributed by atoms with van der Waals surface area (Å²) in [4.78, 5) is 11.3. The standard InChI is InChI=1S/C15H16N2O4S/c1-16-15(18)10-9-12-7-8-13(21-12)11-17-22(19,20)14-5-3-2-4-6-14/h2-10,17H,11H2,1H3,(H,16,18). The zero-order chi connectivity index (χ0) is 16.0. The highest BCUT2D eigenvalue weighted by atomic mass is 32.2. The average Bonchev–Trinajstić information content (AvgIpc) is 2.99. The number of furan rings is 1. The molecule has 0 bridgehead atoms. The first-order valence-electron chi connectivity index (χ1n) is 6.54. The van der Waals surface area contributed by atoms with Gasteiger partial charge in [-0.05, 0) is 30.3 Å². The van der Waals surface area contributed by atoms with Gasteiger partial charge in [0, 0.05) is 13.1 Å². The van der Waals surface area contributed by atoms with Crippen LogP contribution in [0.2, 0.25) is 0 Å². The van der Waals surface area contributed by atoms with Crippen molar-refractivity contribution in [3.05, 3.63) is 60.1 Å². The second-order valence-electron chi connectivity index (χ2n) is 4.39. The van der Waals surface area contributed by atoms with Crippen molar-refractivity contribution in [3.63, 3.8) is 0 Å². The predicted molar refractivity (Wildman–Crippen MR) is 82.3 cm³/mol. The van der Waals surface area contributed by atoms with E-state index in [-0.39, 0.29) is 17.3 Å². The van der Waals surface area contributed by atoms with Gasteiger partial charge in [-0.2, -0.15) is 0 Å². The predicted octanol–water partition coefficient (Wildman–Crippen LogP) is 1.52. The largest absolute Gasteiger partial charge is 0.460 e. The highest BCUT2D eigenvalue weighted by molar-refractivity contribution is 7.89. The Kier molecular flexibility index (Phi) is 5.13. The molecule has 0 aliphatic heterocycles. The summed E-state index contributed by atoms with van der Waals surface area (Å²) in [7, 11) is -2.04. The van der Waals surface area contributed by atoms with Crippen molar-refractivity contribution in [3.8, 4) is 0 Å². The molecule has 0 saturated heterocycles. The molecule has 2 rings (SSSR count). The highest BCUT2D eigenvalue weighted by Gasteiger charge is 2.13. The number of carbonyl (C=O) groups excluding carboxylic acids is 1. The summed E-state index contributed by atoms with van der Waals surface area (Å²) in [5, 5.41) is 2.45. The van der Waals surface area contributed by atoms with Crippen molar-refractivity contribution >= 4 is 22.0 Å². The van der Waals surface area contributed by atoms with Crippen molar-refractivity contribution in [1.82, 2.24) is 10.0 Å². The number of rotatable bonds is 6. The van der Waals surface area contributed by atoms with Gasteiger partial charge in [-0.15, -0.1) is 0 Å². The number of hydrogen-bond acceptors (Lipinski definition) is 4. The van der Waals surface area contributed by atoms with Gasteiger partial charge in [0.15, 0.2) is 0 Å². The molecule has 1 heterocycles. The lowest BCUT2D eigenvalue weighted by atomic mass is 10.4. The van der Waals surface area contributed by atoms with Gasteiger partial charge in [0.25, 0.3) is 0 Å². The molecule has 116 valence electrons. The highest BCUT2D eigenvalue weighted by Crippen LogP contribution is 2.12. The molecule has 2 N–H and O–H groups in total. The fraction of sp³-hybridized carbons (Fsp3) is 0.133. The third-order valence-electron chi connectivity index (χ3n) is 2.82. The number of nitrogens with one attached hydrogen (secondary N) is 2. The molecule has 0 saturated carbocycles. The molecule has 1 amide bonds. The maximum atomic E-state index is 12.0. The molecule has 0 spiro atoms. The Bertz CT molecular complexity index is 764. The third kappa shape index (κ3) is 4.31. The number of sulfonamides is 1. The van der Waals surface area contributed by atoms with Gasteiger partial charge < -0.3 is 9.73 Å². The summed E-state index contributed by atoms with van der Waals surface area (Å²) in [6.07, 6.45) is 2.84. The van der Waals surface area contributed by atoms with Gasteiger partial charge >= 0.3 is 0 Å². The number of amides is 1. The molecular weight excluding hydrogens is 304 g/mol. The van der Waals surface area contributed by atoms with Crippen molar-refractivity contribution in [2.75, 3.05) is 7.05 Å². The minimum absolute atomic E-state index is 0.0328. The van der Waals surface area contributed by atoms with Crippen LogP contribution in [0.5, 0.6) is 0 Å². The van der Waals surface area contributed by atoms with Gasteiger partial charge in [0.05, 0.1) is 11.4 Å². The normalized spacial score (nSPS) is 11.7. The molecule has 1 aromatic carbocycles. The molecule has 0 aliphatic rings. The lowest BCUT2D eigenvalue weighted by Crippen LogP contribution is -2.22. The van der Waals surface area contributed by atoms with Crippen LogP contribution in [0.4, 0.5) is 0 Å². The third-order valence-corrected chi connectivity index (χ3v) is 4.23. The molecule has 0 unspecified atom stereocenters. The molecular formula is C15H16N2O4S. The van der Waals surface area contributed by atoms with Crippen LogP contribution in [0.15, 0.2) is 57.9 Å². The fourth-order valence-corrected chi connectivity index (χ4v) is 2.68. The monoisotopic (exact) mass is 320 g/mol. The van der Waals surface area contributed by atoms with Crippen LogP contribution in [0.1, 0.15) is 11.5 Å². The first-order chi connectivity index (χ1) is 10.5. The van der Waals surface area contributed by atoms with Crippen molar-refractivity contribution in [2.45, 2.75) is 11.4 Å². The van der Waals surface area contributed by atoms with Crippen molar-refractivity contribution in [1.29, 1.82) is 0 Å². The Morgan fingerprint density at radius 3 is 2.59 bits per heavy atom. The minimum atomic E-state index is -3.57. The second-order valence-corrected chi connectivity index (χ2v) is 6.16. The second kappa shape index (κ2) is 7.06. The smallest absolute Gasteiger partial charge is 0.243 e. The molecule has 0 fully saturated rings. The Labute approximate surface area is 128 Å². The lowest BCUT2D eigenvalue weighted by molar-refractivity contribution is -0.115. The lowest BCUT2D eigenvalue weighted by Gasteiger charge is -2.04. The van der Waals surface area contributed by atoms with Crippen molar-refractivity contribution < 1.29 is 17.6 Å². The van der Waals surface area contributed by atoms with Gasteiger partial charge in [0.1, 0.15) is 11.5 Å². The first-order valence-corrected chi connectivity index (χ1v) is 8.03. The van der Waals surface area contributed by atoms with Crippen molar-refractivity contribution in [2.24, 2.45) is 0 Å². The van der Waals surface area contributed by atoms with Crippen LogP contribution in [0.25, 0.3) is 6.08 Å². The number of hydrogen-bond donors (Lipinski definition) is 2. The van der Waals surface area contributed by atoms with Gasteiger partial charge in [-0.25, -0.2) is 13.1 Å². The molecule has 22 heavy (non-hydrogen) atoms. The zero-order valence-corrected chi connectivity index (χ0v) is 12.8. The number of likely N-dealkylation sites (N-methyl/N-ethyl adjacent to an activating group) is 1. The van der Waals surface area contributed by atoms with Gasteiger partial charge in [0.2, 0.25) is 15.9 Å². The average molecular weight is 320 g/mol. The quantitative estimate of drug-likeness (QED) is 0.790. The van der Waals surface area contributed by atoms with E-state index in [9.17, 15) is 13.2 Å². The van der Waals surface area contributed by atoms with E-state index in [0.29, 0.717) is 11.5 Å². The van der Waals surface area contributed by atoms with E-state index in [1.807, 2.05) is 0 Å². The molecule has 2 aromatic rings. The SMILES string of the molecule is CNC(=O)C=Cc1ccc(CNS(=O)(=O)c2ccccc2)o1. The van der Waals surface area contributed by atoms with Crippen LogP contribution in [-0.4, -0.2) is 21.4 Å². The Hall–Kier alpha value is -2.38. The van der Waals surface area contributed by atoms with Crippen LogP contribution in [0, 0.1) is 0 Å². The van der Waals surface area contributed by atoms with E-state index in [1.165, 1.54) is 31.3 Å². The zero-order valence-electron chi connectivity index (χ0n) is 11.9. The summed E-state index contributed by atoms with van der Waals surface area (Å²) < 4.78 is 32.0. The molecule has 1 aromatic heterocycles. The molecule has 7 heteroatoms. The van der Waals surface area contributed by atoms with Gasteiger partial charge in [-0.1, -0.05) is 18.2 Å². The molecule has 0 aliphatic carbocycles. The van der Waals surface area contributed by atoms with Crippen LogP contribution in [0.3, 0.4) is 0 Å². The summed E-state index contributed by atoms with van der Waals surface area (Å²) in [5.41, 5.74) is 0. The topological polar surface area (TPSA) is 88.4 Å². The van der Waals surface area contributed by atoms with E-state index >= 15 is 0 Å². The van der Waals surface area contributed by atoms with E-state index in [2.05, 4.69) is 10.0 Å². The summed E-state index contributed by atoms with van der Waals surface area (Å²) in [6, 6.07) is 11.4. The fourth-order valence-electron chi connectivity index (χ4n) is 1.67. The number of carbonyl (C=O) groups is 1. The maximum Gasteiger partial charge on any atom is 0.243 e. The first kappa shape index (κ1) is 16.0.